The molecule has 2 aromatic carbocycles. The summed E-state index contributed by atoms with van der Waals surface area (Å²) in [6, 6.07) is 14.7. The molecule has 0 amide bonds. The largest absolute Gasteiger partial charge is 0.495 e. The maximum Gasteiger partial charge on any atom is 0.240 e. The van der Waals surface area contributed by atoms with Crippen molar-refractivity contribution >= 4 is 21.6 Å². The van der Waals surface area contributed by atoms with Gasteiger partial charge in [-0.25, -0.2) is 18.2 Å². The molecule has 0 spiro atoms. The molecular formula is C17H13ClN4O3S. The van der Waals surface area contributed by atoms with E-state index in [-0.39, 0.29) is 16.3 Å². The Morgan fingerprint density at radius 3 is 2.58 bits per heavy atom. The highest BCUT2D eigenvalue weighted by Gasteiger charge is 2.20. The van der Waals surface area contributed by atoms with Crippen LogP contribution in [-0.4, -0.2) is 25.3 Å². The second-order valence-corrected chi connectivity index (χ2v) is 7.24. The van der Waals surface area contributed by atoms with Crippen LogP contribution in [0.3, 0.4) is 0 Å². The first-order valence-corrected chi connectivity index (χ1v) is 9.24. The summed E-state index contributed by atoms with van der Waals surface area (Å²) < 4.78 is 30.3. The predicted octanol–water partition coefficient (Wildman–Crippen LogP) is 2.72. The molecule has 2 N–H and O–H groups in total. The lowest BCUT2D eigenvalue weighted by atomic mass is 10.1. The Balaban J connectivity index is 2.28. The molecule has 0 fully saturated rings. The maximum absolute atomic E-state index is 11.9. The number of nitrogens with zero attached hydrogens (tertiary/aromatic N) is 3. The standard InChI is InChI=1S/C17H13ClN4O3S/c1-25-16-7-6-11(8-13(16)18)15-9-12(10-19)21-22(15)14-4-2-3-5-17(14)26(20,23)24/h2-9H,1H3,(H2,20,23,24). The van der Waals surface area contributed by atoms with Crippen molar-refractivity contribution in [2.24, 2.45) is 5.14 Å². The van der Waals surface area contributed by atoms with Crippen LogP contribution in [0.5, 0.6) is 5.75 Å². The van der Waals surface area contributed by atoms with E-state index in [1.54, 1.807) is 36.4 Å². The zero-order valence-corrected chi connectivity index (χ0v) is 15.1. The van der Waals surface area contributed by atoms with Gasteiger partial charge in [0.25, 0.3) is 0 Å². The van der Waals surface area contributed by atoms with Crippen molar-refractivity contribution in [3.63, 3.8) is 0 Å². The fourth-order valence-electron chi connectivity index (χ4n) is 2.52. The molecule has 26 heavy (non-hydrogen) atoms. The molecule has 9 heteroatoms. The average Bonchev–Trinajstić information content (AvgIpc) is 3.05. The van der Waals surface area contributed by atoms with E-state index in [9.17, 15) is 13.7 Å². The van der Waals surface area contributed by atoms with Gasteiger partial charge in [0.1, 0.15) is 16.7 Å². The van der Waals surface area contributed by atoms with Crippen LogP contribution in [0.4, 0.5) is 0 Å². The van der Waals surface area contributed by atoms with Gasteiger partial charge < -0.3 is 4.74 Å². The lowest BCUT2D eigenvalue weighted by molar-refractivity contribution is 0.415. The van der Waals surface area contributed by atoms with Crippen molar-refractivity contribution in [2.45, 2.75) is 4.90 Å². The second kappa shape index (κ2) is 6.80. The number of sulfonamides is 1. The number of aromatic nitrogens is 2. The summed E-state index contributed by atoms with van der Waals surface area (Å²) in [5.41, 5.74) is 1.48. The number of nitrogens with two attached hydrogens (primary N) is 1. The number of para-hydroxylation sites is 1. The number of rotatable bonds is 4. The summed E-state index contributed by atoms with van der Waals surface area (Å²) in [4.78, 5) is -0.103. The van der Waals surface area contributed by atoms with Crippen LogP contribution in [-0.2, 0) is 10.0 Å². The zero-order valence-electron chi connectivity index (χ0n) is 13.5. The third-order valence-electron chi connectivity index (χ3n) is 3.67. The van der Waals surface area contributed by atoms with E-state index in [2.05, 4.69) is 5.10 Å². The van der Waals surface area contributed by atoms with E-state index in [0.717, 1.165) is 0 Å². The van der Waals surface area contributed by atoms with Crippen LogP contribution < -0.4 is 9.88 Å². The summed E-state index contributed by atoms with van der Waals surface area (Å²) in [6.45, 7) is 0. The summed E-state index contributed by atoms with van der Waals surface area (Å²) in [5, 5.41) is 19.1. The number of nitriles is 1. The number of methoxy groups -OCH3 is 1. The van der Waals surface area contributed by atoms with E-state index in [1.807, 2.05) is 6.07 Å². The predicted molar refractivity (Wildman–Crippen MR) is 96.7 cm³/mol. The van der Waals surface area contributed by atoms with Crippen LogP contribution in [0.2, 0.25) is 5.02 Å². The monoisotopic (exact) mass is 388 g/mol. The van der Waals surface area contributed by atoms with E-state index in [4.69, 9.17) is 21.5 Å². The SMILES string of the molecule is COc1ccc(-c2cc(C#N)nn2-c2ccccc2S(N)(=O)=O)cc1Cl. The van der Waals surface area contributed by atoms with E-state index >= 15 is 0 Å². The van der Waals surface area contributed by atoms with Crippen LogP contribution >= 0.6 is 11.6 Å². The number of ether oxygens (including phenoxy) is 1. The number of benzene rings is 2. The van der Waals surface area contributed by atoms with Crippen molar-refractivity contribution < 1.29 is 13.2 Å². The minimum absolute atomic E-state index is 0.103. The normalized spacial score (nSPS) is 11.2. The molecule has 132 valence electrons. The summed E-state index contributed by atoms with van der Waals surface area (Å²) >= 11 is 6.19. The fourth-order valence-corrected chi connectivity index (χ4v) is 3.50. The van der Waals surface area contributed by atoms with Crippen molar-refractivity contribution in [2.75, 3.05) is 7.11 Å². The van der Waals surface area contributed by atoms with Crippen molar-refractivity contribution in [1.82, 2.24) is 9.78 Å². The molecule has 3 aromatic rings. The summed E-state index contributed by atoms with van der Waals surface area (Å²) in [6.07, 6.45) is 0. The first kappa shape index (κ1) is 17.9. The van der Waals surface area contributed by atoms with Gasteiger partial charge in [-0.1, -0.05) is 23.7 Å². The third-order valence-corrected chi connectivity index (χ3v) is 4.93. The third kappa shape index (κ3) is 3.28. The molecule has 0 unspecified atom stereocenters. The smallest absolute Gasteiger partial charge is 0.240 e. The Morgan fingerprint density at radius 2 is 1.96 bits per heavy atom. The van der Waals surface area contributed by atoms with Crippen molar-refractivity contribution in [3.8, 4) is 28.8 Å². The van der Waals surface area contributed by atoms with Gasteiger partial charge in [0.15, 0.2) is 5.69 Å². The first-order chi connectivity index (χ1) is 12.3. The number of hydrogen-bond acceptors (Lipinski definition) is 5. The van der Waals surface area contributed by atoms with Gasteiger partial charge in [-0.3, -0.25) is 0 Å². The number of primary sulfonamides is 1. The average molecular weight is 389 g/mol. The van der Waals surface area contributed by atoms with Crippen LogP contribution in [0, 0.1) is 11.3 Å². The molecule has 0 atom stereocenters. The number of halogens is 1. The quantitative estimate of drug-likeness (QED) is 0.738. The zero-order chi connectivity index (χ0) is 18.9. The minimum atomic E-state index is -3.99. The molecule has 0 saturated carbocycles. The van der Waals surface area contributed by atoms with Gasteiger partial charge in [-0.2, -0.15) is 10.4 Å². The van der Waals surface area contributed by atoms with Gasteiger partial charge in [0, 0.05) is 11.6 Å². The van der Waals surface area contributed by atoms with E-state index in [0.29, 0.717) is 22.0 Å². The Hall–Kier alpha value is -2.86. The highest BCUT2D eigenvalue weighted by molar-refractivity contribution is 7.89. The van der Waals surface area contributed by atoms with Gasteiger partial charge in [0.2, 0.25) is 10.0 Å². The molecule has 0 aliphatic heterocycles. The van der Waals surface area contributed by atoms with Gasteiger partial charge in [0.05, 0.1) is 23.5 Å². The lowest BCUT2D eigenvalue weighted by Crippen LogP contribution is -2.16. The van der Waals surface area contributed by atoms with Crippen LogP contribution in [0.1, 0.15) is 5.69 Å². The Morgan fingerprint density at radius 1 is 1.23 bits per heavy atom. The first-order valence-electron chi connectivity index (χ1n) is 7.31. The molecular weight excluding hydrogens is 376 g/mol. The molecule has 3 rings (SSSR count). The van der Waals surface area contributed by atoms with Crippen LogP contribution in [0.15, 0.2) is 53.4 Å². The fraction of sp³-hybridized carbons (Fsp3) is 0.0588. The molecule has 0 bridgehead atoms. The van der Waals surface area contributed by atoms with Gasteiger partial charge in [-0.05, 0) is 30.3 Å². The Kier molecular flexibility index (Phi) is 4.70. The van der Waals surface area contributed by atoms with Gasteiger partial charge in [-0.15, -0.1) is 0 Å². The summed E-state index contributed by atoms with van der Waals surface area (Å²) in [7, 11) is -2.49. The topological polar surface area (TPSA) is 111 Å². The molecule has 7 nitrogen and oxygen atoms in total. The minimum Gasteiger partial charge on any atom is -0.495 e. The van der Waals surface area contributed by atoms with E-state index in [1.165, 1.54) is 23.9 Å². The van der Waals surface area contributed by atoms with Crippen molar-refractivity contribution in [1.29, 1.82) is 5.26 Å². The van der Waals surface area contributed by atoms with Crippen LogP contribution in [0.25, 0.3) is 16.9 Å². The van der Waals surface area contributed by atoms with Gasteiger partial charge >= 0.3 is 0 Å². The molecule has 1 aromatic heterocycles. The van der Waals surface area contributed by atoms with Crippen molar-refractivity contribution in [3.05, 3.63) is 59.2 Å². The maximum atomic E-state index is 11.9. The van der Waals surface area contributed by atoms with E-state index < -0.39 is 10.0 Å². The molecule has 0 radical (unpaired) electrons. The lowest BCUT2D eigenvalue weighted by Gasteiger charge is -2.12. The molecule has 1 heterocycles. The highest BCUT2D eigenvalue weighted by atomic mass is 35.5. The molecule has 0 aliphatic rings. The Labute approximate surface area is 155 Å². The number of hydrogen-bond donors (Lipinski definition) is 1. The molecule has 0 saturated heterocycles. The highest BCUT2D eigenvalue weighted by Crippen LogP contribution is 2.32. The molecule has 0 aliphatic carbocycles. The summed E-state index contributed by atoms with van der Waals surface area (Å²) in [5.74, 6) is 0.493. The Bertz CT molecular complexity index is 1130. The second-order valence-electron chi connectivity index (χ2n) is 5.30.